The monoisotopic (exact) mass is 964 g/mol. The Labute approximate surface area is 409 Å². The maximum absolute atomic E-state index is 14.7. The molecule has 2 N–H and O–H groups in total. The number of nitrogens with zero attached hydrogens (tertiary/aromatic N) is 5. The number of allylic oxidation sites excluding steroid dienone is 6. The van der Waals surface area contributed by atoms with Crippen molar-refractivity contribution in [2.24, 2.45) is 35.5 Å². The van der Waals surface area contributed by atoms with Crippen molar-refractivity contribution < 1.29 is 53.1 Å². The van der Waals surface area contributed by atoms with Gasteiger partial charge >= 0.3 is 11.8 Å². The molecule has 1 unspecified atom stereocenters. The number of esters is 1. The minimum atomic E-state index is -2.84. The summed E-state index contributed by atoms with van der Waals surface area (Å²) in [6.07, 6.45) is 15.2. The van der Waals surface area contributed by atoms with Crippen LogP contribution in [0.1, 0.15) is 132 Å². The molecule has 69 heavy (non-hydrogen) atoms. The first-order valence-corrected chi connectivity index (χ1v) is 25.2. The Balaban J connectivity index is 1.49. The van der Waals surface area contributed by atoms with Crippen LogP contribution in [0.4, 0.5) is 0 Å². The van der Waals surface area contributed by atoms with Crippen LogP contribution in [0.3, 0.4) is 0 Å². The lowest BCUT2D eigenvalue weighted by Gasteiger charge is -2.40. The van der Waals surface area contributed by atoms with Crippen molar-refractivity contribution in [3.05, 3.63) is 66.1 Å². The fourth-order valence-electron chi connectivity index (χ4n) is 10.8. The highest BCUT2D eigenvalue weighted by Crippen LogP contribution is 2.39. The number of aliphatic hydroxyl groups is 2. The normalized spacial score (nSPS) is 38.8. The molecule has 15 atom stereocenters. The second kappa shape index (κ2) is 25.8. The van der Waals surface area contributed by atoms with Crippen molar-refractivity contribution in [3.63, 3.8) is 0 Å². The number of fused-ring (bicyclic) bond motifs is 3. The lowest BCUT2D eigenvalue weighted by molar-refractivity contribution is -0.231. The van der Waals surface area contributed by atoms with Crippen molar-refractivity contribution in [1.82, 2.24) is 25.1 Å². The molecule has 5 rings (SSSR count). The first kappa shape index (κ1) is 55.7. The van der Waals surface area contributed by atoms with Crippen molar-refractivity contribution in [2.45, 2.75) is 180 Å². The van der Waals surface area contributed by atoms with Crippen molar-refractivity contribution in [1.29, 1.82) is 0 Å². The summed E-state index contributed by atoms with van der Waals surface area (Å²) in [6, 6.07) is -1.18. The third-order valence-electron chi connectivity index (χ3n) is 15.3. The molecule has 2 saturated heterocycles. The Hall–Kier alpha value is -4.19. The van der Waals surface area contributed by atoms with Crippen molar-refractivity contribution in [3.8, 4) is 0 Å². The molecule has 1 amide bonds. The van der Waals surface area contributed by atoms with Gasteiger partial charge in [-0.25, -0.2) is 9.48 Å². The zero-order valence-corrected chi connectivity index (χ0v) is 42.8. The van der Waals surface area contributed by atoms with Gasteiger partial charge in [0.25, 0.3) is 5.91 Å². The van der Waals surface area contributed by atoms with Gasteiger partial charge in [-0.1, -0.05) is 77.7 Å². The summed E-state index contributed by atoms with van der Waals surface area (Å²) in [7, 11) is 4.80. The molecule has 16 nitrogen and oxygen atoms in total. The number of carbonyl (C=O) groups is 4. The molecule has 0 aromatic carbocycles. The molecule has 384 valence electrons. The summed E-state index contributed by atoms with van der Waals surface area (Å²) in [5.41, 5.74) is 2.18. The van der Waals surface area contributed by atoms with Gasteiger partial charge in [0.2, 0.25) is 5.78 Å². The average molecular weight is 964 g/mol. The summed E-state index contributed by atoms with van der Waals surface area (Å²) in [4.78, 5) is 59.0. The van der Waals surface area contributed by atoms with E-state index in [1.54, 1.807) is 59.2 Å². The van der Waals surface area contributed by atoms with Crippen LogP contribution >= 0.6 is 0 Å². The molecule has 1 aromatic rings. The number of aromatic nitrogens is 4. The number of hydrogen-bond donors (Lipinski definition) is 2. The van der Waals surface area contributed by atoms with Crippen LogP contribution in [0.2, 0.25) is 0 Å². The second-order valence-electron chi connectivity index (χ2n) is 20.5. The Bertz CT molecular complexity index is 2020. The van der Waals surface area contributed by atoms with Gasteiger partial charge in [-0.2, -0.15) is 0 Å². The van der Waals surface area contributed by atoms with Crippen molar-refractivity contribution in [2.75, 3.05) is 27.9 Å². The van der Waals surface area contributed by atoms with E-state index in [0.29, 0.717) is 44.1 Å². The molecule has 2 bridgehead atoms. The molecular formula is C53H81N5O11. The van der Waals surface area contributed by atoms with Crippen LogP contribution in [0.25, 0.3) is 0 Å². The second-order valence-corrected chi connectivity index (χ2v) is 20.5. The molecule has 16 heteroatoms. The quantitative estimate of drug-likeness (QED) is 0.160. The number of methoxy groups -OCH3 is 3. The van der Waals surface area contributed by atoms with Gasteiger partial charge in [-0.15, -0.1) is 5.10 Å². The summed E-state index contributed by atoms with van der Waals surface area (Å²) in [5, 5.41) is 35.6. The lowest BCUT2D eigenvalue weighted by atomic mass is 9.77. The number of carbonyl (C=O) groups excluding carboxylic acids is 4. The standard InChI is InChI=1S/C53H81N5O11/c1-32-17-13-12-14-18-33(2)45(65-9)29-41-22-20-34(3)50(61)53(64,69-41)52(63)57-24-16-15-19-43(57)51(62)68-46(37(6)27-40-21-23-42(47(28-40)66-10)58-31-54-55-56-58)30-44(59)36(5)26-38(7)48(60)49(67-11)39(8)35(4)25-32/h12-14,17-18,26,31-32,34-37,40-43,45-49,60,64H,8,15-16,19-25,27-30H2,1-7,9-11H3/b14-12+,17-13+,33-18+,38-26+/t32-,34-,35-,36-,37-,40+,41+,42+,43+,45+,46+,47-,48-,49+,53?/m1/s1. The minimum absolute atomic E-state index is 0.000204. The van der Waals surface area contributed by atoms with E-state index in [9.17, 15) is 29.4 Å². The van der Waals surface area contributed by atoms with Crippen LogP contribution in [-0.4, -0.2) is 135 Å². The number of amides is 1. The van der Waals surface area contributed by atoms with Gasteiger partial charge in [0, 0.05) is 52.6 Å². The number of aliphatic hydroxyl groups excluding tert-OH is 1. The van der Waals surface area contributed by atoms with Gasteiger partial charge < -0.3 is 38.8 Å². The summed E-state index contributed by atoms with van der Waals surface area (Å²) in [5.74, 6) is -6.83. The van der Waals surface area contributed by atoms with E-state index in [0.717, 1.165) is 30.4 Å². The number of Topliss-reactive ketones (excluding diaryl/α,β-unsaturated/α-hetero) is 2. The number of ketones is 2. The summed E-state index contributed by atoms with van der Waals surface area (Å²) < 4.78 is 32.1. The number of ether oxygens (including phenoxy) is 5. The fourth-order valence-corrected chi connectivity index (χ4v) is 10.8. The van der Waals surface area contributed by atoms with E-state index in [-0.39, 0.29) is 67.4 Å². The van der Waals surface area contributed by atoms with E-state index in [1.807, 2.05) is 38.2 Å². The van der Waals surface area contributed by atoms with Gasteiger partial charge in [0.15, 0.2) is 0 Å². The Morgan fingerprint density at radius 1 is 0.899 bits per heavy atom. The van der Waals surface area contributed by atoms with E-state index in [2.05, 4.69) is 42.0 Å². The predicted octanol–water partition coefficient (Wildman–Crippen LogP) is 7.03. The first-order valence-electron chi connectivity index (χ1n) is 25.2. The molecule has 1 saturated carbocycles. The fraction of sp³-hybridized carbons (Fsp3) is 0.717. The summed E-state index contributed by atoms with van der Waals surface area (Å²) >= 11 is 0. The molecule has 1 aromatic heterocycles. The SMILES string of the molecule is C=C1[C@H](C)C[C@H](C)/C=C/C=C/C=C(\C)[C@@H](OC)C[C@@H]2CC[C@@H](C)C(=O)C(O)(O2)C(=O)N2CCCC[C@H]2C(=O)O[C@H]([C@H](C)C[C@@H]2CC[C@H](n3cnnn3)[C@H](OC)C2)CC(=O)[C@H](C)/C=C(\C)[C@@H](O)[C@H]1OC. The molecule has 3 fully saturated rings. The topological polar surface area (TPSA) is 202 Å². The van der Waals surface area contributed by atoms with E-state index in [1.165, 1.54) is 4.90 Å². The Kier molecular flexibility index (Phi) is 20.8. The molecule has 1 aliphatic carbocycles. The number of cyclic esters (lactones) is 1. The maximum Gasteiger partial charge on any atom is 0.329 e. The highest BCUT2D eigenvalue weighted by Gasteiger charge is 2.55. The third-order valence-corrected chi connectivity index (χ3v) is 15.3. The molecule has 3 aliphatic heterocycles. The molecule has 4 heterocycles. The first-order chi connectivity index (χ1) is 32.8. The molecule has 4 aliphatic rings. The van der Waals surface area contributed by atoms with Crippen LogP contribution in [0.15, 0.2) is 66.1 Å². The van der Waals surface area contributed by atoms with Crippen LogP contribution in [0.5, 0.6) is 0 Å². The van der Waals surface area contributed by atoms with Crippen LogP contribution in [0, 0.1) is 35.5 Å². The average Bonchev–Trinajstić information content (AvgIpc) is 3.85. The summed E-state index contributed by atoms with van der Waals surface area (Å²) in [6.45, 7) is 17.7. The molecule has 0 radical (unpaired) electrons. The Morgan fingerprint density at radius 3 is 2.33 bits per heavy atom. The highest BCUT2D eigenvalue weighted by molar-refractivity contribution is 6.09. The smallest absolute Gasteiger partial charge is 0.329 e. The van der Waals surface area contributed by atoms with Gasteiger partial charge in [-0.3, -0.25) is 14.4 Å². The Morgan fingerprint density at radius 2 is 1.65 bits per heavy atom. The van der Waals surface area contributed by atoms with E-state index < -0.39 is 71.8 Å². The van der Waals surface area contributed by atoms with Gasteiger partial charge in [0.1, 0.15) is 36.5 Å². The predicted molar refractivity (Wildman–Crippen MR) is 260 cm³/mol. The van der Waals surface area contributed by atoms with Gasteiger partial charge in [-0.05, 0) is 129 Å². The largest absolute Gasteiger partial charge is 0.460 e. The number of rotatable bonds is 7. The molecule has 0 spiro atoms. The van der Waals surface area contributed by atoms with Gasteiger partial charge in [0.05, 0.1) is 24.4 Å². The number of hydrogen-bond acceptors (Lipinski definition) is 14. The van der Waals surface area contributed by atoms with Crippen molar-refractivity contribution >= 4 is 23.4 Å². The lowest BCUT2D eigenvalue weighted by Crippen LogP contribution is -2.62. The van der Waals surface area contributed by atoms with Crippen LogP contribution in [-0.2, 0) is 42.9 Å². The van der Waals surface area contributed by atoms with E-state index in [4.69, 9.17) is 23.7 Å². The van der Waals surface area contributed by atoms with Crippen LogP contribution < -0.4 is 0 Å². The maximum atomic E-state index is 14.7. The highest BCUT2D eigenvalue weighted by atomic mass is 16.6. The molecular weight excluding hydrogens is 883 g/mol. The third kappa shape index (κ3) is 14.2. The zero-order valence-electron chi connectivity index (χ0n) is 42.8. The van der Waals surface area contributed by atoms with E-state index >= 15 is 0 Å². The number of tetrazole rings is 1. The minimum Gasteiger partial charge on any atom is -0.460 e. The zero-order chi connectivity index (χ0) is 50.6. The number of piperidine rings is 1.